The van der Waals surface area contributed by atoms with E-state index in [0.29, 0.717) is 5.92 Å². The van der Waals surface area contributed by atoms with E-state index in [1.54, 1.807) is 0 Å². The highest BCUT2D eigenvalue weighted by molar-refractivity contribution is 5.24. The summed E-state index contributed by atoms with van der Waals surface area (Å²) in [6, 6.07) is 0. The first-order valence-corrected chi connectivity index (χ1v) is 4.39. The predicted molar refractivity (Wildman–Crippen MR) is 55.9 cm³/mol. The molecule has 0 unspecified atom stereocenters. The Balaban J connectivity index is 4.32. The Labute approximate surface area is 75.9 Å². The highest BCUT2D eigenvalue weighted by Gasteiger charge is 1.95. The van der Waals surface area contributed by atoms with Gasteiger partial charge in [-0.25, -0.2) is 0 Å². The van der Waals surface area contributed by atoms with Crippen LogP contribution in [0.1, 0.15) is 20.8 Å². The van der Waals surface area contributed by atoms with Crippen LogP contribution in [0.15, 0.2) is 36.1 Å². The summed E-state index contributed by atoms with van der Waals surface area (Å²) in [5, 5.41) is 2.98. The van der Waals surface area contributed by atoms with Crippen molar-refractivity contribution in [3.8, 4) is 0 Å². The van der Waals surface area contributed by atoms with Crippen molar-refractivity contribution in [1.29, 1.82) is 0 Å². The zero-order chi connectivity index (χ0) is 9.40. The SMILES string of the molecule is C\C=C/C=C(/C=C\NC)C(C)C. The molecule has 1 N–H and O–H groups in total. The smallest absolute Gasteiger partial charge is 0.00277 e. The van der Waals surface area contributed by atoms with E-state index < -0.39 is 0 Å². The summed E-state index contributed by atoms with van der Waals surface area (Å²) in [7, 11) is 1.91. The van der Waals surface area contributed by atoms with Gasteiger partial charge in [0.15, 0.2) is 0 Å². The van der Waals surface area contributed by atoms with Gasteiger partial charge in [-0.2, -0.15) is 0 Å². The number of hydrogen-bond acceptors (Lipinski definition) is 1. The minimum atomic E-state index is 0.575. The van der Waals surface area contributed by atoms with E-state index in [4.69, 9.17) is 0 Å². The molecule has 0 fully saturated rings. The number of rotatable bonds is 4. The number of nitrogens with one attached hydrogen (secondary N) is 1. The van der Waals surface area contributed by atoms with Gasteiger partial charge in [-0.1, -0.05) is 32.1 Å². The normalized spacial score (nSPS) is 13.6. The van der Waals surface area contributed by atoms with Gasteiger partial charge >= 0.3 is 0 Å². The van der Waals surface area contributed by atoms with Crippen LogP contribution in [0.5, 0.6) is 0 Å². The van der Waals surface area contributed by atoms with Gasteiger partial charge in [-0.3, -0.25) is 0 Å². The van der Waals surface area contributed by atoms with Crippen LogP contribution in [0.2, 0.25) is 0 Å². The maximum atomic E-state index is 2.98. The summed E-state index contributed by atoms with van der Waals surface area (Å²) in [6.45, 7) is 6.40. The van der Waals surface area contributed by atoms with Crippen LogP contribution in [0.25, 0.3) is 0 Å². The minimum absolute atomic E-state index is 0.575. The Morgan fingerprint density at radius 1 is 1.33 bits per heavy atom. The summed E-state index contributed by atoms with van der Waals surface area (Å²) in [5.41, 5.74) is 1.34. The molecule has 0 aliphatic rings. The molecule has 0 atom stereocenters. The lowest BCUT2D eigenvalue weighted by atomic mass is 10.0. The molecule has 0 aromatic heterocycles. The van der Waals surface area contributed by atoms with E-state index in [1.807, 2.05) is 26.2 Å². The first-order chi connectivity index (χ1) is 5.72. The second-order valence-electron chi connectivity index (χ2n) is 2.97. The van der Waals surface area contributed by atoms with E-state index in [0.717, 1.165) is 0 Å². The van der Waals surface area contributed by atoms with Crippen LogP contribution in [0, 0.1) is 5.92 Å². The van der Waals surface area contributed by atoms with Crippen LogP contribution >= 0.6 is 0 Å². The van der Waals surface area contributed by atoms with Crippen molar-refractivity contribution in [2.24, 2.45) is 5.92 Å². The van der Waals surface area contributed by atoms with Crippen LogP contribution in [0.3, 0.4) is 0 Å². The average Bonchev–Trinajstić information content (AvgIpc) is 2.04. The standard InChI is InChI=1S/C11H19N/c1-5-6-7-11(10(2)3)8-9-12-4/h5-10,12H,1-4H3/b6-5-,9-8-,11-7-. The van der Waals surface area contributed by atoms with Gasteiger partial charge in [-0.05, 0) is 30.7 Å². The number of allylic oxidation sites excluding steroid dienone is 5. The van der Waals surface area contributed by atoms with Gasteiger partial charge in [0.1, 0.15) is 0 Å². The van der Waals surface area contributed by atoms with E-state index in [-0.39, 0.29) is 0 Å². The zero-order valence-corrected chi connectivity index (χ0v) is 8.46. The van der Waals surface area contributed by atoms with E-state index in [2.05, 4.69) is 37.4 Å². The Morgan fingerprint density at radius 2 is 2.00 bits per heavy atom. The van der Waals surface area contributed by atoms with Crippen molar-refractivity contribution in [1.82, 2.24) is 5.32 Å². The molecule has 0 aromatic rings. The Bertz CT molecular complexity index is 185. The quantitative estimate of drug-likeness (QED) is 0.632. The van der Waals surface area contributed by atoms with Gasteiger partial charge in [0.2, 0.25) is 0 Å². The third kappa shape index (κ3) is 4.78. The Hall–Kier alpha value is -0.980. The summed E-state index contributed by atoms with van der Waals surface area (Å²) < 4.78 is 0. The molecule has 0 bridgehead atoms. The van der Waals surface area contributed by atoms with Crippen LogP contribution < -0.4 is 5.32 Å². The van der Waals surface area contributed by atoms with Gasteiger partial charge < -0.3 is 5.32 Å². The maximum Gasteiger partial charge on any atom is 0.00277 e. The molecular weight excluding hydrogens is 146 g/mol. The topological polar surface area (TPSA) is 12.0 Å². The highest BCUT2D eigenvalue weighted by Crippen LogP contribution is 2.10. The van der Waals surface area contributed by atoms with Crippen LogP contribution in [-0.4, -0.2) is 7.05 Å². The van der Waals surface area contributed by atoms with E-state index >= 15 is 0 Å². The molecule has 0 aliphatic carbocycles. The van der Waals surface area contributed by atoms with E-state index in [9.17, 15) is 0 Å². The van der Waals surface area contributed by atoms with Crippen LogP contribution in [0.4, 0.5) is 0 Å². The van der Waals surface area contributed by atoms with Crippen LogP contribution in [-0.2, 0) is 0 Å². The second-order valence-corrected chi connectivity index (χ2v) is 2.97. The first-order valence-electron chi connectivity index (χ1n) is 4.39. The summed E-state index contributed by atoms with van der Waals surface area (Å²) in [4.78, 5) is 0. The monoisotopic (exact) mass is 165 g/mol. The maximum absolute atomic E-state index is 2.98. The minimum Gasteiger partial charge on any atom is -0.394 e. The fraction of sp³-hybridized carbons (Fsp3) is 0.455. The van der Waals surface area contributed by atoms with Crippen molar-refractivity contribution in [3.05, 3.63) is 36.1 Å². The molecule has 0 rings (SSSR count). The largest absolute Gasteiger partial charge is 0.394 e. The molecule has 0 saturated carbocycles. The lowest BCUT2D eigenvalue weighted by molar-refractivity contribution is 0.790. The molecule has 1 nitrogen and oxygen atoms in total. The van der Waals surface area contributed by atoms with Gasteiger partial charge in [0, 0.05) is 7.05 Å². The average molecular weight is 165 g/mol. The van der Waals surface area contributed by atoms with Crippen molar-refractivity contribution < 1.29 is 0 Å². The molecule has 68 valence electrons. The fourth-order valence-corrected chi connectivity index (χ4v) is 0.827. The molecule has 0 amide bonds. The number of hydrogen-bond donors (Lipinski definition) is 1. The summed E-state index contributed by atoms with van der Waals surface area (Å²) >= 11 is 0. The molecule has 12 heavy (non-hydrogen) atoms. The third-order valence-electron chi connectivity index (χ3n) is 1.59. The molecule has 0 saturated heterocycles. The lowest BCUT2D eigenvalue weighted by Gasteiger charge is -2.04. The van der Waals surface area contributed by atoms with E-state index in [1.165, 1.54) is 5.57 Å². The molecule has 0 radical (unpaired) electrons. The van der Waals surface area contributed by atoms with Crippen molar-refractivity contribution in [2.45, 2.75) is 20.8 Å². The highest BCUT2D eigenvalue weighted by atomic mass is 14.8. The lowest BCUT2D eigenvalue weighted by Crippen LogP contribution is -1.95. The molecule has 0 aliphatic heterocycles. The van der Waals surface area contributed by atoms with Gasteiger partial charge in [-0.15, -0.1) is 0 Å². The summed E-state index contributed by atoms with van der Waals surface area (Å²) in [6.07, 6.45) is 10.3. The zero-order valence-electron chi connectivity index (χ0n) is 8.46. The first kappa shape index (κ1) is 11.0. The fourth-order valence-electron chi connectivity index (χ4n) is 0.827. The Morgan fingerprint density at radius 3 is 2.42 bits per heavy atom. The van der Waals surface area contributed by atoms with Crippen molar-refractivity contribution >= 4 is 0 Å². The molecule has 0 spiro atoms. The van der Waals surface area contributed by atoms with Crippen molar-refractivity contribution in [2.75, 3.05) is 7.05 Å². The molecular formula is C11H19N. The molecule has 0 aromatic carbocycles. The predicted octanol–water partition coefficient (Wildman–Crippen LogP) is 2.88. The molecule has 1 heteroatoms. The third-order valence-corrected chi connectivity index (χ3v) is 1.59. The second kappa shape index (κ2) is 6.71. The summed E-state index contributed by atoms with van der Waals surface area (Å²) in [5.74, 6) is 0.575. The van der Waals surface area contributed by atoms with Gasteiger partial charge in [0.05, 0.1) is 0 Å². The molecule has 0 heterocycles. The van der Waals surface area contributed by atoms with Crippen molar-refractivity contribution in [3.63, 3.8) is 0 Å². The van der Waals surface area contributed by atoms with Gasteiger partial charge in [0.25, 0.3) is 0 Å². The Kier molecular flexibility index (Phi) is 6.16.